The van der Waals surface area contributed by atoms with E-state index in [0.717, 1.165) is 42.6 Å². The van der Waals surface area contributed by atoms with E-state index < -0.39 is 0 Å². The van der Waals surface area contributed by atoms with Gasteiger partial charge in [0.2, 0.25) is 0 Å². The van der Waals surface area contributed by atoms with Gasteiger partial charge in [-0.25, -0.2) is 0 Å². The molecule has 6 nitrogen and oxygen atoms in total. The number of carbonyl (C=O) groups excluding carboxylic acids is 2. The third kappa shape index (κ3) is 2.85. The zero-order valence-corrected chi connectivity index (χ0v) is 15.3. The first kappa shape index (κ1) is 17.0. The number of anilines is 1. The largest absolute Gasteiger partial charge is 0.369 e. The Morgan fingerprint density at radius 1 is 1.04 bits per heavy atom. The molecule has 0 spiro atoms. The molecular weight excluding hydrogens is 328 g/mol. The number of carbonyl (C=O) groups is 2. The van der Waals surface area contributed by atoms with Gasteiger partial charge in [-0.3, -0.25) is 14.5 Å². The molecule has 0 aliphatic carbocycles. The van der Waals surface area contributed by atoms with Crippen LogP contribution in [0.15, 0.2) is 30.3 Å². The van der Waals surface area contributed by atoms with Crippen molar-refractivity contribution in [2.24, 2.45) is 0 Å². The third-order valence-electron chi connectivity index (χ3n) is 5.17. The molecule has 2 aliphatic rings. The lowest BCUT2D eigenvalue weighted by atomic mass is 9.93. The summed E-state index contributed by atoms with van der Waals surface area (Å²) < 4.78 is 0. The molecule has 0 unspecified atom stereocenters. The van der Waals surface area contributed by atoms with Gasteiger partial charge >= 0.3 is 0 Å². The highest BCUT2D eigenvalue weighted by Crippen LogP contribution is 2.34. The van der Waals surface area contributed by atoms with Gasteiger partial charge in [0.05, 0.1) is 5.56 Å². The molecular formula is C20H24N4O2. The molecule has 2 aromatic carbocycles. The van der Waals surface area contributed by atoms with Gasteiger partial charge < -0.3 is 15.1 Å². The molecule has 0 saturated carbocycles. The fraction of sp³-hybridized carbons (Fsp3) is 0.400. The topological polar surface area (TPSA) is 55.9 Å². The Hall–Kier alpha value is -2.44. The Bertz CT molecular complexity index is 871. The van der Waals surface area contributed by atoms with E-state index in [0.29, 0.717) is 24.2 Å². The summed E-state index contributed by atoms with van der Waals surface area (Å²) in [6.07, 6.45) is 0. The first-order valence-electron chi connectivity index (χ1n) is 9.09. The lowest BCUT2D eigenvalue weighted by molar-refractivity contribution is 0.0601. The minimum absolute atomic E-state index is 0.183. The summed E-state index contributed by atoms with van der Waals surface area (Å²) >= 11 is 0. The van der Waals surface area contributed by atoms with Gasteiger partial charge in [-0.05, 0) is 37.7 Å². The molecule has 1 fully saturated rings. The van der Waals surface area contributed by atoms with Gasteiger partial charge in [0.1, 0.15) is 0 Å². The van der Waals surface area contributed by atoms with Crippen LogP contribution in [0.4, 0.5) is 5.69 Å². The van der Waals surface area contributed by atoms with E-state index in [-0.39, 0.29) is 11.8 Å². The Balaban J connectivity index is 1.81. The zero-order chi connectivity index (χ0) is 18.3. The lowest BCUT2D eigenvalue weighted by Gasteiger charge is -2.32. The van der Waals surface area contributed by atoms with E-state index in [9.17, 15) is 9.59 Å². The molecule has 2 aromatic rings. The predicted octanol–water partition coefficient (Wildman–Crippen LogP) is 1.41. The summed E-state index contributed by atoms with van der Waals surface area (Å²) in [5.41, 5.74) is 2.33. The number of benzene rings is 2. The molecule has 136 valence electrons. The van der Waals surface area contributed by atoms with Crippen molar-refractivity contribution >= 4 is 28.3 Å². The lowest BCUT2D eigenvalue weighted by Crippen LogP contribution is -2.45. The second kappa shape index (κ2) is 6.70. The molecule has 0 aromatic heterocycles. The van der Waals surface area contributed by atoms with Crippen LogP contribution in [0.5, 0.6) is 0 Å². The minimum Gasteiger partial charge on any atom is -0.369 e. The summed E-state index contributed by atoms with van der Waals surface area (Å²) in [5.74, 6) is -0.373. The van der Waals surface area contributed by atoms with E-state index in [1.54, 1.807) is 0 Å². The van der Waals surface area contributed by atoms with Crippen LogP contribution >= 0.6 is 0 Å². The highest BCUT2D eigenvalue weighted by atomic mass is 16.2. The Morgan fingerprint density at radius 2 is 1.77 bits per heavy atom. The second-order valence-electron chi connectivity index (χ2n) is 7.20. The summed E-state index contributed by atoms with van der Waals surface area (Å²) in [7, 11) is 3.88. The Kier molecular flexibility index (Phi) is 4.38. The maximum atomic E-state index is 13.1. The summed E-state index contributed by atoms with van der Waals surface area (Å²) in [6.45, 7) is 4.77. The van der Waals surface area contributed by atoms with Gasteiger partial charge in [-0.1, -0.05) is 12.1 Å². The molecule has 2 amide bonds. The monoisotopic (exact) mass is 352 g/mol. The number of amides is 2. The molecule has 2 heterocycles. The smallest absolute Gasteiger partial charge is 0.261 e. The number of imide groups is 1. The number of hydrogen-bond acceptors (Lipinski definition) is 5. The van der Waals surface area contributed by atoms with Crippen LogP contribution in [0, 0.1) is 0 Å². The van der Waals surface area contributed by atoms with Crippen molar-refractivity contribution in [2.75, 3.05) is 58.3 Å². The quantitative estimate of drug-likeness (QED) is 0.843. The van der Waals surface area contributed by atoms with Gasteiger partial charge in [-0.15, -0.1) is 0 Å². The average molecular weight is 352 g/mol. The molecule has 0 atom stereocenters. The SMILES string of the molecule is CN(C)CCN1C(=O)c2cccc3cc(N4CCNCC4)cc(c23)C1=O. The number of hydrogen-bond donors (Lipinski definition) is 1. The molecule has 6 heteroatoms. The van der Waals surface area contributed by atoms with Gasteiger partial charge in [0.15, 0.2) is 0 Å². The van der Waals surface area contributed by atoms with Gasteiger partial charge in [0.25, 0.3) is 11.8 Å². The number of rotatable bonds is 4. The molecule has 4 rings (SSSR count). The molecule has 0 radical (unpaired) electrons. The number of likely N-dealkylation sites (N-methyl/N-ethyl adjacent to an activating group) is 1. The van der Waals surface area contributed by atoms with E-state index in [4.69, 9.17) is 0 Å². The van der Waals surface area contributed by atoms with Crippen molar-refractivity contribution in [2.45, 2.75) is 0 Å². The van der Waals surface area contributed by atoms with Crippen LogP contribution in [-0.4, -0.2) is 75.0 Å². The molecule has 1 saturated heterocycles. The van der Waals surface area contributed by atoms with Crippen molar-refractivity contribution in [3.8, 4) is 0 Å². The highest BCUT2D eigenvalue weighted by Gasteiger charge is 2.33. The Labute approximate surface area is 153 Å². The third-order valence-corrected chi connectivity index (χ3v) is 5.17. The number of nitrogens with zero attached hydrogens (tertiary/aromatic N) is 3. The van der Waals surface area contributed by atoms with Crippen molar-refractivity contribution in [1.29, 1.82) is 0 Å². The molecule has 0 bridgehead atoms. The average Bonchev–Trinajstić information content (AvgIpc) is 2.66. The molecule has 1 N–H and O–H groups in total. The normalized spacial score (nSPS) is 17.5. The van der Waals surface area contributed by atoms with Gasteiger partial charge in [0, 0.05) is 55.9 Å². The summed E-state index contributed by atoms with van der Waals surface area (Å²) in [6, 6.07) is 9.79. The van der Waals surface area contributed by atoms with Crippen LogP contribution in [0.1, 0.15) is 20.7 Å². The zero-order valence-electron chi connectivity index (χ0n) is 15.3. The fourth-order valence-electron chi connectivity index (χ4n) is 3.75. The summed E-state index contributed by atoms with van der Waals surface area (Å²) in [5, 5.41) is 5.11. The van der Waals surface area contributed by atoms with E-state index in [1.165, 1.54) is 4.90 Å². The van der Waals surface area contributed by atoms with Crippen LogP contribution < -0.4 is 10.2 Å². The number of piperazine rings is 1. The molecule has 2 aliphatic heterocycles. The summed E-state index contributed by atoms with van der Waals surface area (Å²) in [4.78, 5) is 31.7. The maximum Gasteiger partial charge on any atom is 0.261 e. The van der Waals surface area contributed by atoms with E-state index >= 15 is 0 Å². The first-order chi connectivity index (χ1) is 12.6. The van der Waals surface area contributed by atoms with Crippen LogP contribution in [0.25, 0.3) is 10.8 Å². The number of nitrogens with one attached hydrogen (secondary N) is 1. The van der Waals surface area contributed by atoms with Crippen LogP contribution in [0.3, 0.4) is 0 Å². The highest BCUT2D eigenvalue weighted by molar-refractivity contribution is 6.26. The van der Waals surface area contributed by atoms with Gasteiger partial charge in [-0.2, -0.15) is 0 Å². The van der Waals surface area contributed by atoms with Crippen LogP contribution in [-0.2, 0) is 0 Å². The minimum atomic E-state index is -0.190. The maximum absolute atomic E-state index is 13.1. The van der Waals surface area contributed by atoms with E-state index in [1.807, 2.05) is 43.3 Å². The van der Waals surface area contributed by atoms with Crippen molar-refractivity contribution < 1.29 is 9.59 Å². The van der Waals surface area contributed by atoms with Crippen molar-refractivity contribution in [3.05, 3.63) is 41.5 Å². The van der Waals surface area contributed by atoms with Crippen molar-refractivity contribution in [3.63, 3.8) is 0 Å². The van der Waals surface area contributed by atoms with E-state index in [2.05, 4.69) is 16.3 Å². The fourth-order valence-corrected chi connectivity index (χ4v) is 3.75. The molecule has 26 heavy (non-hydrogen) atoms. The van der Waals surface area contributed by atoms with Crippen molar-refractivity contribution in [1.82, 2.24) is 15.1 Å². The standard InChI is InChI=1S/C20H24N4O2/c1-22(2)10-11-24-19(25)16-5-3-4-14-12-15(23-8-6-21-7-9-23)13-17(18(14)16)20(24)26/h3-5,12-13,21H,6-11H2,1-2H3. The Morgan fingerprint density at radius 3 is 2.50 bits per heavy atom. The second-order valence-corrected chi connectivity index (χ2v) is 7.20. The van der Waals surface area contributed by atoms with Crippen LogP contribution in [0.2, 0.25) is 0 Å². The predicted molar refractivity (Wildman–Crippen MR) is 103 cm³/mol. The first-order valence-corrected chi connectivity index (χ1v) is 9.09.